The molecule has 3 nitrogen and oxygen atoms in total. The highest BCUT2D eigenvalue weighted by Gasteiger charge is 2.19. The minimum Gasteiger partial charge on any atom is -0.486 e. The molecule has 0 saturated heterocycles. The molecule has 1 saturated carbocycles. The zero-order valence-electron chi connectivity index (χ0n) is 11.7. The van der Waals surface area contributed by atoms with Gasteiger partial charge in [0.15, 0.2) is 11.5 Å². The predicted octanol–water partition coefficient (Wildman–Crippen LogP) is 3.13. The standard InChI is InChI=1S/C16H23NO2/c1-12-5-7-14(8-6-12)17-11-13-3-2-4-15-16(13)19-10-9-18-15/h2-4,12,14,17H,5-11H2,1H3. The molecule has 1 N–H and O–H groups in total. The lowest BCUT2D eigenvalue weighted by Crippen LogP contribution is -2.32. The molecule has 1 aliphatic carbocycles. The van der Waals surface area contributed by atoms with E-state index in [9.17, 15) is 0 Å². The molecule has 1 fully saturated rings. The monoisotopic (exact) mass is 261 g/mol. The summed E-state index contributed by atoms with van der Waals surface area (Å²) >= 11 is 0. The van der Waals surface area contributed by atoms with Crippen LogP contribution >= 0.6 is 0 Å². The second-order valence-corrected chi connectivity index (χ2v) is 5.78. The highest BCUT2D eigenvalue weighted by molar-refractivity contribution is 5.47. The van der Waals surface area contributed by atoms with Crippen LogP contribution in [0.1, 0.15) is 38.2 Å². The third-order valence-corrected chi connectivity index (χ3v) is 4.24. The third kappa shape index (κ3) is 3.03. The number of para-hydroxylation sites is 1. The summed E-state index contributed by atoms with van der Waals surface area (Å²) in [7, 11) is 0. The Bertz CT molecular complexity index is 425. The lowest BCUT2D eigenvalue weighted by atomic mass is 9.87. The van der Waals surface area contributed by atoms with Gasteiger partial charge in [0.05, 0.1) is 0 Å². The van der Waals surface area contributed by atoms with E-state index in [-0.39, 0.29) is 0 Å². The van der Waals surface area contributed by atoms with Gasteiger partial charge in [-0.25, -0.2) is 0 Å². The van der Waals surface area contributed by atoms with E-state index in [0.29, 0.717) is 19.3 Å². The van der Waals surface area contributed by atoms with Crippen molar-refractivity contribution >= 4 is 0 Å². The molecule has 1 heterocycles. The lowest BCUT2D eigenvalue weighted by molar-refractivity contribution is 0.169. The molecular weight excluding hydrogens is 238 g/mol. The van der Waals surface area contributed by atoms with Gasteiger partial charge in [0.25, 0.3) is 0 Å². The molecule has 3 heteroatoms. The van der Waals surface area contributed by atoms with Crippen LogP contribution < -0.4 is 14.8 Å². The smallest absolute Gasteiger partial charge is 0.165 e. The van der Waals surface area contributed by atoms with E-state index in [2.05, 4.69) is 18.3 Å². The quantitative estimate of drug-likeness (QED) is 0.906. The van der Waals surface area contributed by atoms with Crippen LogP contribution in [0.5, 0.6) is 11.5 Å². The lowest BCUT2D eigenvalue weighted by Gasteiger charge is -2.28. The van der Waals surface area contributed by atoms with Gasteiger partial charge >= 0.3 is 0 Å². The molecule has 0 atom stereocenters. The van der Waals surface area contributed by atoms with Gasteiger partial charge in [-0.1, -0.05) is 19.1 Å². The first-order valence-electron chi connectivity index (χ1n) is 7.44. The number of benzene rings is 1. The van der Waals surface area contributed by atoms with Crippen LogP contribution in [-0.2, 0) is 6.54 Å². The van der Waals surface area contributed by atoms with Crippen molar-refractivity contribution in [1.29, 1.82) is 0 Å². The number of fused-ring (bicyclic) bond motifs is 1. The third-order valence-electron chi connectivity index (χ3n) is 4.24. The van der Waals surface area contributed by atoms with Crippen molar-refractivity contribution in [3.8, 4) is 11.5 Å². The van der Waals surface area contributed by atoms with E-state index in [1.54, 1.807) is 0 Å². The Hall–Kier alpha value is -1.22. The van der Waals surface area contributed by atoms with Crippen LogP contribution in [0.3, 0.4) is 0 Å². The van der Waals surface area contributed by atoms with Crippen molar-refractivity contribution in [2.75, 3.05) is 13.2 Å². The molecule has 2 aliphatic rings. The fraction of sp³-hybridized carbons (Fsp3) is 0.625. The van der Waals surface area contributed by atoms with Gasteiger partial charge in [0, 0.05) is 18.2 Å². The molecular formula is C16H23NO2. The maximum atomic E-state index is 5.75. The molecule has 0 unspecified atom stereocenters. The van der Waals surface area contributed by atoms with Gasteiger partial charge in [-0.3, -0.25) is 0 Å². The van der Waals surface area contributed by atoms with Crippen LogP contribution in [0.25, 0.3) is 0 Å². The summed E-state index contributed by atoms with van der Waals surface area (Å²) < 4.78 is 11.4. The van der Waals surface area contributed by atoms with E-state index in [4.69, 9.17) is 9.47 Å². The highest BCUT2D eigenvalue weighted by Crippen LogP contribution is 2.33. The Balaban J connectivity index is 1.61. The summed E-state index contributed by atoms with van der Waals surface area (Å²) in [4.78, 5) is 0. The summed E-state index contributed by atoms with van der Waals surface area (Å²) in [6.07, 6.45) is 5.30. The molecule has 0 aromatic heterocycles. The normalized spacial score (nSPS) is 26.2. The Labute approximate surface area is 115 Å². The van der Waals surface area contributed by atoms with Crippen LogP contribution in [0.2, 0.25) is 0 Å². The summed E-state index contributed by atoms with van der Waals surface area (Å²) in [5, 5.41) is 3.67. The van der Waals surface area contributed by atoms with Crippen molar-refractivity contribution in [2.45, 2.75) is 45.2 Å². The molecule has 3 rings (SSSR count). The van der Waals surface area contributed by atoms with Gasteiger partial charge < -0.3 is 14.8 Å². The molecule has 19 heavy (non-hydrogen) atoms. The Morgan fingerprint density at radius 1 is 1.11 bits per heavy atom. The first-order valence-corrected chi connectivity index (χ1v) is 7.44. The molecule has 0 amide bonds. The largest absolute Gasteiger partial charge is 0.486 e. The predicted molar refractivity (Wildman–Crippen MR) is 75.7 cm³/mol. The van der Waals surface area contributed by atoms with Crippen LogP contribution in [0.4, 0.5) is 0 Å². The summed E-state index contributed by atoms with van der Waals surface area (Å²) in [6.45, 7) is 4.55. The van der Waals surface area contributed by atoms with E-state index in [0.717, 1.165) is 24.0 Å². The topological polar surface area (TPSA) is 30.5 Å². The van der Waals surface area contributed by atoms with Gasteiger partial charge in [-0.15, -0.1) is 0 Å². The zero-order valence-corrected chi connectivity index (χ0v) is 11.7. The van der Waals surface area contributed by atoms with Crippen molar-refractivity contribution in [3.05, 3.63) is 23.8 Å². The second kappa shape index (κ2) is 5.83. The van der Waals surface area contributed by atoms with E-state index < -0.39 is 0 Å². The van der Waals surface area contributed by atoms with E-state index in [1.807, 2.05) is 12.1 Å². The molecule has 1 aliphatic heterocycles. The number of nitrogens with one attached hydrogen (secondary N) is 1. The molecule has 0 radical (unpaired) electrons. The first kappa shape index (κ1) is 12.8. The Kier molecular flexibility index (Phi) is 3.92. The maximum absolute atomic E-state index is 5.75. The first-order chi connectivity index (χ1) is 9.33. The van der Waals surface area contributed by atoms with Crippen molar-refractivity contribution in [2.24, 2.45) is 5.92 Å². The SMILES string of the molecule is CC1CCC(NCc2cccc3c2OCCO3)CC1. The second-order valence-electron chi connectivity index (χ2n) is 5.78. The van der Waals surface area contributed by atoms with Crippen LogP contribution in [-0.4, -0.2) is 19.3 Å². The Morgan fingerprint density at radius 3 is 2.74 bits per heavy atom. The average Bonchev–Trinajstić information content (AvgIpc) is 2.47. The zero-order chi connectivity index (χ0) is 13.1. The van der Waals surface area contributed by atoms with Crippen molar-refractivity contribution < 1.29 is 9.47 Å². The molecule has 104 valence electrons. The van der Waals surface area contributed by atoms with Gasteiger partial charge in [0.1, 0.15) is 13.2 Å². The van der Waals surface area contributed by atoms with E-state index >= 15 is 0 Å². The fourth-order valence-electron chi connectivity index (χ4n) is 2.99. The fourth-order valence-corrected chi connectivity index (χ4v) is 2.99. The summed E-state index contributed by atoms with van der Waals surface area (Å²) in [5.74, 6) is 2.73. The number of hydrogen-bond acceptors (Lipinski definition) is 3. The average molecular weight is 261 g/mol. The number of ether oxygens (including phenoxy) is 2. The summed E-state index contributed by atoms with van der Waals surface area (Å²) in [6, 6.07) is 6.83. The minimum atomic E-state index is 0.657. The molecule has 0 spiro atoms. The maximum Gasteiger partial charge on any atom is 0.165 e. The highest BCUT2D eigenvalue weighted by atomic mass is 16.6. The molecule has 1 aromatic rings. The summed E-state index contributed by atoms with van der Waals surface area (Å²) in [5.41, 5.74) is 1.22. The molecule has 0 bridgehead atoms. The van der Waals surface area contributed by atoms with E-state index in [1.165, 1.54) is 31.2 Å². The molecule has 1 aromatic carbocycles. The van der Waals surface area contributed by atoms with Crippen molar-refractivity contribution in [1.82, 2.24) is 5.32 Å². The minimum absolute atomic E-state index is 0.657. The van der Waals surface area contributed by atoms with Crippen molar-refractivity contribution in [3.63, 3.8) is 0 Å². The number of rotatable bonds is 3. The Morgan fingerprint density at radius 2 is 1.89 bits per heavy atom. The van der Waals surface area contributed by atoms with Gasteiger partial charge in [-0.05, 0) is 37.7 Å². The number of hydrogen-bond donors (Lipinski definition) is 1. The van der Waals surface area contributed by atoms with Gasteiger partial charge in [-0.2, -0.15) is 0 Å². The van der Waals surface area contributed by atoms with Crippen LogP contribution in [0.15, 0.2) is 18.2 Å². The van der Waals surface area contributed by atoms with Gasteiger partial charge in [0.2, 0.25) is 0 Å². The van der Waals surface area contributed by atoms with Crippen LogP contribution in [0, 0.1) is 5.92 Å².